The summed E-state index contributed by atoms with van der Waals surface area (Å²) in [5.41, 5.74) is 1.96. The van der Waals surface area contributed by atoms with Gasteiger partial charge in [0.25, 0.3) is 0 Å². The van der Waals surface area contributed by atoms with Crippen LogP contribution in [0.15, 0.2) is 18.2 Å². The average Bonchev–Trinajstić information content (AvgIpc) is 2.63. The molecule has 2 N–H and O–H groups in total. The molecule has 5 nitrogen and oxygen atoms in total. The number of benzene rings is 1. The average molecular weight is 381 g/mol. The number of ether oxygens (including phenoxy) is 1. The number of aryl methyl sites for hydroxylation is 1. The third-order valence-corrected chi connectivity index (χ3v) is 5.64. The fourth-order valence-corrected chi connectivity index (χ4v) is 4.07. The van der Waals surface area contributed by atoms with E-state index in [1.165, 1.54) is 12.8 Å². The summed E-state index contributed by atoms with van der Waals surface area (Å²) >= 11 is 0. The number of nitrogens with zero attached hydrogens (tertiary/aromatic N) is 1. The van der Waals surface area contributed by atoms with Gasteiger partial charge >= 0.3 is 12.6 Å². The third-order valence-electron chi connectivity index (χ3n) is 5.64. The Kier molecular flexibility index (Phi) is 6.88. The number of nitrogens with one attached hydrogen (secondary N) is 2. The second kappa shape index (κ2) is 9.35. The van der Waals surface area contributed by atoms with Crippen LogP contribution in [0.1, 0.15) is 49.3 Å². The topological polar surface area (TPSA) is 53.6 Å². The first-order chi connectivity index (χ1) is 13.0. The molecule has 27 heavy (non-hydrogen) atoms. The summed E-state index contributed by atoms with van der Waals surface area (Å²) in [6, 6.07) is 4.75. The molecule has 1 saturated heterocycles. The molecular formula is C20H29F2N3O2. The van der Waals surface area contributed by atoms with Gasteiger partial charge in [0.05, 0.1) is 6.04 Å². The van der Waals surface area contributed by atoms with E-state index in [1.807, 2.05) is 0 Å². The van der Waals surface area contributed by atoms with Crippen molar-refractivity contribution in [1.82, 2.24) is 15.5 Å². The molecule has 1 heterocycles. The summed E-state index contributed by atoms with van der Waals surface area (Å²) in [5.74, 6) is 0.858. The largest absolute Gasteiger partial charge is 0.435 e. The van der Waals surface area contributed by atoms with Gasteiger partial charge in [-0.25, -0.2) is 4.79 Å². The van der Waals surface area contributed by atoms with Gasteiger partial charge < -0.3 is 20.3 Å². The number of hydrogen-bond acceptors (Lipinski definition) is 3. The molecular weight excluding hydrogens is 352 g/mol. The summed E-state index contributed by atoms with van der Waals surface area (Å²) < 4.78 is 29.2. The molecule has 0 spiro atoms. The predicted molar refractivity (Wildman–Crippen MR) is 100 cm³/mol. The van der Waals surface area contributed by atoms with E-state index in [1.54, 1.807) is 18.2 Å². The Hall–Kier alpha value is -1.89. The second-order valence-corrected chi connectivity index (χ2v) is 7.62. The first-order valence-electron chi connectivity index (χ1n) is 9.82. The fourth-order valence-electron chi connectivity index (χ4n) is 4.07. The van der Waals surface area contributed by atoms with E-state index >= 15 is 0 Å². The monoisotopic (exact) mass is 381 g/mol. The van der Waals surface area contributed by atoms with Crippen molar-refractivity contribution in [2.24, 2.45) is 5.92 Å². The summed E-state index contributed by atoms with van der Waals surface area (Å²) in [6.45, 7) is 0.122. The molecule has 2 aliphatic rings. The molecule has 1 aromatic rings. The molecule has 1 unspecified atom stereocenters. The zero-order chi connectivity index (χ0) is 19.2. The maximum Gasteiger partial charge on any atom is 0.387 e. The van der Waals surface area contributed by atoms with Crippen LogP contribution in [0.3, 0.4) is 0 Å². The minimum atomic E-state index is -2.82. The van der Waals surface area contributed by atoms with E-state index in [-0.39, 0.29) is 17.8 Å². The van der Waals surface area contributed by atoms with Gasteiger partial charge in [0, 0.05) is 6.54 Å². The van der Waals surface area contributed by atoms with Crippen LogP contribution in [0.4, 0.5) is 13.6 Å². The van der Waals surface area contributed by atoms with E-state index in [0.717, 1.165) is 49.9 Å². The number of amides is 2. The Morgan fingerprint density at radius 3 is 2.81 bits per heavy atom. The summed E-state index contributed by atoms with van der Waals surface area (Å²) in [5, 5.41) is 6.00. The number of alkyl halides is 2. The molecule has 2 amide bonds. The van der Waals surface area contributed by atoms with Crippen LogP contribution in [0.2, 0.25) is 0 Å². The van der Waals surface area contributed by atoms with Gasteiger partial charge in [0.1, 0.15) is 5.75 Å². The molecule has 0 aromatic heterocycles. The SMILES string of the molecule is CN1CCC(CCNC(=O)NC2CCCc3cc(OC(F)F)ccc32)CC1. The smallest absolute Gasteiger partial charge is 0.387 e. The zero-order valence-electron chi connectivity index (χ0n) is 15.8. The molecule has 150 valence electrons. The molecule has 0 radical (unpaired) electrons. The van der Waals surface area contributed by atoms with Crippen molar-refractivity contribution in [1.29, 1.82) is 0 Å². The number of rotatable bonds is 6. The molecule has 7 heteroatoms. The summed E-state index contributed by atoms with van der Waals surface area (Å²) in [4.78, 5) is 14.6. The van der Waals surface area contributed by atoms with Gasteiger partial charge in [0.2, 0.25) is 0 Å². The number of carbonyl (C=O) groups is 1. The lowest BCUT2D eigenvalue weighted by molar-refractivity contribution is -0.0499. The van der Waals surface area contributed by atoms with E-state index in [0.29, 0.717) is 12.5 Å². The van der Waals surface area contributed by atoms with Gasteiger partial charge in [0.15, 0.2) is 0 Å². The summed E-state index contributed by atoms with van der Waals surface area (Å²) in [6.07, 6.45) is 5.97. The molecule has 1 aliphatic carbocycles. The lowest BCUT2D eigenvalue weighted by Gasteiger charge is -2.29. The fraction of sp³-hybridized carbons (Fsp3) is 0.650. The van der Waals surface area contributed by atoms with Crippen LogP contribution in [-0.2, 0) is 6.42 Å². The van der Waals surface area contributed by atoms with Crippen molar-refractivity contribution >= 4 is 6.03 Å². The van der Waals surface area contributed by atoms with Gasteiger partial charge in [-0.05, 0) is 87.8 Å². The number of halogens is 2. The van der Waals surface area contributed by atoms with Crippen LogP contribution in [0.25, 0.3) is 0 Å². The van der Waals surface area contributed by atoms with Gasteiger partial charge in [-0.1, -0.05) is 6.07 Å². The van der Waals surface area contributed by atoms with Crippen molar-refractivity contribution in [3.63, 3.8) is 0 Å². The zero-order valence-corrected chi connectivity index (χ0v) is 15.8. The normalized spacial score (nSPS) is 21.0. The van der Waals surface area contributed by atoms with Gasteiger partial charge in [-0.2, -0.15) is 8.78 Å². The van der Waals surface area contributed by atoms with Crippen molar-refractivity contribution in [2.45, 2.75) is 51.2 Å². The first kappa shape index (κ1) is 19.9. The predicted octanol–water partition coefficient (Wildman–Crippen LogP) is 3.70. The number of carbonyl (C=O) groups excluding carboxylic acids is 1. The number of urea groups is 1. The molecule has 1 aliphatic heterocycles. The van der Waals surface area contributed by atoms with Crippen LogP contribution < -0.4 is 15.4 Å². The molecule has 1 atom stereocenters. The second-order valence-electron chi connectivity index (χ2n) is 7.62. The highest BCUT2D eigenvalue weighted by Crippen LogP contribution is 2.32. The van der Waals surface area contributed by atoms with Crippen LogP contribution >= 0.6 is 0 Å². The minimum Gasteiger partial charge on any atom is -0.435 e. The highest BCUT2D eigenvalue weighted by molar-refractivity contribution is 5.74. The number of hydrogen-bond donors (Lipinski definition) is 2. The molecule has 1 fully saturated rings. The van der Waals surface area contributed by atoms with Gasteiger partial charge in [-0.15, -0.1) is 0 Å². The van der Waals surface area contributed by atoms with Crippen molar-refractivity contribution < 1.29 is 18.3 Å². The lowest BCUT2D eigenvalue weighted by atomic mass is 9.87. The molecule has 0 saturated carbocycles. The quantitative estimate of drug-likeness (QED) is 0.790. The van der Waals surface area contributed by atoms with Crippen LogP contribution in [0.5, 0.6) is 5.75 Å². The molecule has 1 aromatic carbocycles. The Balaban J connectivity index is 1.47. The standard InChI is InChI=1S/C20H29F2N3O2/c1-25-11-8-14(9-12-25)7-10-23-20(26)24-18-4-2-3-15-13-16(27-19(21)22)5-6-17(15)18/h5-6,13-14,18-19H,2-4,7-12H2,1H3,(H2,23,24,26). The van der Waals surface area contributed by atoms with Crippen molar-refractivity contribution in [2.75, 3.05) is 26.7 Å². The molecule has 0 bridgehead atoms. The maximum atomic E-state index is 12.4. The third kappa shape index (κ3) is 5.79. The van der Waals surface area contributed by atoms with E-state index < -0.39 is 6.61 Å². The van der Waals surface area contributed by atoms with Gasteiger partial charge in [-0.3, -0.25) is 0 Å². The lowest BCUT2D eigenvalue weighted by Crippen LogP contribution is -2.40. The summed E-state index contributed by atoms with van der Waals surface area (Å²) in [7, 11) is 2.15. The van der Waals surface area contributed by atoms with Crippen molar-refractivity contribution in [3.05, 3.63) is 29.3 Å². The number of likely N-dealkylation sites (tertiary alicyclic amines) is 1. The van der Waals surface area contributed by atoms with E-state index in [9.17, 15) is 13.6 Å². The van der Waals surface area contributed by atoms with E-state index in [2.05, 4.69) is 27.3 Å². The van der Waals surface area contributed by atoms with Crippen LogP contribution in [-0.4, -0.2) is 44.2 Å². The molecule has 3 rings (SSSR count). The highest BCUT2D eigenvalue weighted by atomic mass is 19.3. The van der Waals surface area contributed by atoms with Crippen molar-refractivity contribution in [3.8, 4) is 5.75 Å². The Morgan fingerprint density at radius 2 is 2.07 bits per heavy atom. The maximum absolute atomic E-state index is 12.4. The number of piperidine rings is 1. The number of fused-ring (bicyclic) bond motifs is 1. The first-order valence-corrected chi connectivity index (χ1v) is 9.82. The van der Waals surface area contributed by atoms with Crippen LogP contribution in [0, 0.1) is 5.92 Å². The minimum absolute atomic E-state index is 0.0855. The van der Waals surface area contributed by atoms with E-state index in [4.69, 9.17) is 0 Å². The Morgan fingerprint density at radius 1 is 1.30 bits per heavy atom. The Bertz CT molecular complexity index is 634. The highest BCUT2D eigenvalue weighted by Gasteiger charge is 2.23. The Labute approximate surface area is 159 Å².